The third kappa shape index (κ3) is 3.92. The van der Waals surface area contributed by atoms with Crippen molar-refractivity contribution in [2.24, 2.45) is 0 Å². The number of hydrogen-bond acceptors (Lipinski definition) is 4. The molecule has 136 valence electrons. The molecule has 3 nitrogen and oxygen atoms in total. The van der Waals surface area contributed by atoms with Gasteiger partial charge in [0.1, 0.15) is 0 Å². The van der Waals surface area contributed by atoms with Gasteiger partial charge >= 0.3 is 0 Å². The van der Waals surface area contributed by atoms with Crippen molar-refractivity contribution in [1.82, 2.24) is 9.97 Å². The fraction of sp³-hybridized carbons (Fsp3) is 0. The second-order valence-electron chi connectivity index (χ2n) is 5.85. The fourth-order valence-electron chi connectivity index (χ4n) is 2.95. The summed E-state index contributed by atoms with van der Waals surface area (Å²) in [6, 6.07) is 23.4. The Morgan fingerprint density at radius 1 is 0.630 bits per heavy atom. The van der Waals surface area contributed by atoms with Gasteiger partial charge in [0.25, 0.3) is 0 Å². The van der Waals surface area contributed by atoms with E-state index in [2.05, 4.69) is 46.4 Å². The molecule has 2 heterocycles. The molecular formula is C22H15N2OPtS-. The molecule has 0 spiro atoms. The first-order valence-electron chi connectivity index (χ1n) is 8.20. The van der Waals surface area contributed by atoms with E-state index in [1.54, 1.807) is 24.3 Å². The summed E-state index contributed by atoms with van der Waals surface area (Å²) in [6.07, 6.45) is 3.67. The number of fused-ring (bicyclic) bond motifs is 5. The Hall–Kier alpha value is -2.55. The van der Waals surface area contributed by atoms with Crippen LogP contribution in [0.3, 0.4) is 0 Å². The molecule has 0 unspecified atom stereocenters. The van der Waals surface area contributed by atoms with E-state index in [4.69, 9.17) is 17.7 Å². The predicted octanol–water partition coefficient (Wildman–Crippen LogP) is 5.23. The standard InChI is InChI=1S/C16H10N2.C6H6OS.Pt/c1-3-12-7-5-11-6-8-13-4-2-10-18-16(13)14(11)15(12)17-9-1;7-5-3-1-2-4-6(5)8;/h1-10H;1-4,7-8H;/p-1. The molecule has 5 rings (SSSR count). The Morgan fingerprint density at radius 3 is 1.63 bits per heavy atom. The van der Waals surface area contributed by atoms with Crippen molar-refractivity contribution in [1.29, 1.82) is 0 Å². The molecule has 27 heavy (non-hydrogen) atoms. The average molecular weight is 551 g/mol. The van der Waals surface area contributed by atoms with Gasteiger partial charge in [0.2, 0.25) is 0 Å². The van der Waals surface area contributed by atoms with Crippen molar-refractivity contribution < 1.29 is 26.2 Å². The molecule has 0 saturated carbocycles. The van der Waals surface area contributed by atoms with Gasteiger partial charge in [0, 0.05) is 49.6 Å². The number of aromatic nitrogens is 2. The molecule has 5 heteroatoms. The van der Waals surface area contributed by atoms with Crippen LogP contribution in [0.15, 0.2) is 90.1 Å². The van der Waals surface area contributed by atoms with Crippen LogP contribution < -0.4 is 0 Å². The summed E-state index contributed by atoms with van der Waals surface area (Å²) in [5.74, 6) is 0.183. The van der Waals surface area contributed by atoms with Gasteiger partial charge in [-0.25, -0.2) is 0 Å². The molecule has 0 bridgehead atoms. The quantitative estimate of drug-likeness (QED) is 0.212. The maximum Gasteiger partial charge on any atom is 0.0960 e. The molecule has 5 aromatic rings. The van der Waals surface area contributed by atoms with Crippen LogP contribution in [-0.2, 0) is 33.7 Å². The van der Waals surface area contributed by atoms with Gasteiger partial charge in [-0.15, -0.1) is 4.90 Å². The van der Waals surface area contributed by atoms with E-state index in [-0.39, 0.29) is 26.8 Å². The zero-order chi connectivity index (χ0) is 17.9. The van der Waals surface area contributed by atoms with E-state index < -0.39 is 0 Å². The van der Waals surface area contributed by atoms with Crippen LogP contribution in [0.4, 0.5) is 0 Å². The van der Waals surface area contributed by atoms with Crippen LogP contribution in [0, 0.1) is 0 Å². The minimum atomic E-state index is 0. The average Bonchev–Trinajstić information content (AvgIpc) is 2.70. The van der Waals surface area contributed by atoms with Gasteiger partial charge in [0.15, 0.2) is 0 Å². The van der Waals surface area contributed by atoms with Gasteiger partial charge < -0.3 is 17.7 Å². The summed E-state index contributed by atoms with van der Waals surface area (Å²) >= 11 is 4.70. The number of hydrogen-bond donors (Lipinski definition) is 1. The molecule has 0 radical (unpaired) electrons. The van der Waals surface area contributed by atoms with E-state index in [9.17, 15) is 0 Å². The van der Waals surface area contributed by atoms with Crippen molar-refractivity contribution >= 4 is 45.2 Å². The first kappa shape index (κ1) is 19.2. The van der Waals surface area contributed by atoms with Gasteiger partial charge in [-0.05, 0) is 23.6 Å². The number of benzene rings is 3. The van der Waals surface area contributed by atoms with Gasteiger partial charge in [0.05, 0.1) is 16.8 Å². The summed E-state index contributed by atoms with van der Waals surface area (Å²) in [5.41, 5.74) is 2.05. The summed E-state index contributed by atoms with van der Waals surface area (Å²) in [5, 5.41) is 13.5. The number of rotatable bonds is 0. The second-order valence-corrected chi connectivity index (χ2v) is 6.29. The number of nitrogens with zero attached hydrogens (tertiary/aromatic N) is 2. The van der Waals surface area contributed by atoms with Crippen molar-refractivity contribution in [2.75, 3.05) is 0 Å². The Kier molecular flexibility index (Phi) is 6.00. The van der Waals surface area contributed by atoms with Gasteiger partial charge in [-0.3, -0.25) is 9.97 Å². The molecule has 0 fully saturated rings. The van der Waals surface area contributed by atoms with E-state index in [1.165, 1.54) is 5.39 Å². The van der Waals surface area contributed by atoms with Crippen molar-refractivity contribution in [3.8, 4) is 5.75 Å². The van der Waals surface area contributed by atoms with Crippen LogP contribution in [0.5, 0.6) is 5.75 Å². The first-order chi connectivity index (χ1) is 12.7. The molecule has 0 aliphatic heterocycles. The molecular weight excluding hydrogens is 535 g/mol. The Labute approximate surface area is 176 Å². The minimum Gasteiger partial charge on any atom is -0.776 e. The maximum absolute atomic E-state index is 8.82. The fourth-order valence-corrected chi connectivity index (χ4v) is 3.09. The molecule has 0 saturated heterocycles. The van der Waals surface area contributed by atoms with Crippen molar-refractivity contribution in [3.63, 3.8) is 0 Å². The number of pyridine rings is 2. The normalized spacial score (nSPS) is 10.2. The van der Waals surface area contributed by atoms with Crippen molar-refractivity contribution in [2.45, 2.75) is 4.90 Å². The molecule has 2 aromatic heterocycles. The topological polar surface area (TPSA) is 46.0 Å². The van der Waals surface area contributed by atoms with E-state index >= 15 is 0 Å². The SMILES string of the molecule is Oc1ccccc1[S-].[Pt].c1cnc2c(c1)ccc1ccc3cccnc3c12. The Morgan fingerprint density at radius 2 is 1.15 bits per heavy atom. The predicted molar refractivity (Wildman–Crippen MR) is 108 cm³/mol. The van der Waals surface area contributed by atoms with Crippen molar-refractivity contribution in [3.05, 3.63) is 85.2 Å². The van der Waals surface area contributed by atoms with Crippen LogP contribution in [0.1, 0.15) is 0 Å². The van der Waals surface area contributed by atoms with Gasteiger partial charge in [-0.2, -0.15) is 0 Å². The van der Waals surface area contributed by atoms with Gasteiger partial charge in [-0.1, -0.05) is 54.6 Å². The number of phenolic OH excluding ortho intramolecular Hbond substituents is 1. The third-order valence-corrected chi connectivity index (χ3v) is 4.54. The van der Waals surface area contributed by atoms with E-state index in [1.807, 2.05) is 24.5 Å². The molecule has 0 aliphatic carbocycles. The van der Waals surface area contributed by atoms with Crippen LogP contribution in [0.2, 0.25) is 0 Å². The zero-order valence-corrected chi connectivity index (χ0v) is 17.2. The Balaban J connectivity index is 0.000000200. The number of aromatic hydroxyl groups is 1. The van der Waals surface area contributed by atoms with Crippen LogP contribution in [0.25, 0.3) is 32.6 Å². The summed E-state index contributed by atoms with van der Waals surface area (Å²) in [4.78, 5) is 9.55. The number of phenols is 1. The van der Waals surface area contributed by atoms with E-state index in [0.29, 0.717) is 4.90 Å². The molecule has 3 aromatic carbocycles. The minimum absolute atomic E-state index is 0. The zero-order valence-electron chi connectivity index (χ0n) is 14.1. The first-order valence-corrected chi connectivity index (χ1v) is 8.61. The second kappa shape index (κ2) is 8.43. The smallest absolute Gasteiger partial charge is 0.0960 e. The molecule has 0 aliphatic rings. The molecule has 0 atom stereocenters. The summed E-state index contributed by atoms with van der Waals surface area (Å²) < 4.78 is 0. The monoisotopic (exact) mass is 550 g/mol. The maximum atomic E-state index is 8.82. The summed E-state index contributed by atoms with van der Waals surface area (Å²) in [6.45, 7) is 0. The summed E-state index contributed by atoms with van der Waals surface area (Å²) in [7, 11) is 0. The van der Waals surface area contributed by atoms with Crippen LogP contribution >= 0.6 is 0 Å². The molecule has 1 N–H and O–H groups in total. The Bertz CT molecular complexity index is 1140. The van der Waals surface area contributed by atoms with E-state index in [0.717, 1.165) is 27.2 Å². The number of para-hydroxylation sites is 1. The molecule has 0 amide bonds. The largest absolute Gasteiger partial charge is 0.776 e. The third-order valence-electron chi connectivity index (χ3n) is 4.19. The van der Waals surface area contributed by atoms with Crippen LogP contribution in [-0.4, -0.2) is 15.1 Å².